The summed E-state index contributed by atoms with van der Waals surface area (Å²) in [7, 11) is 0. The first-order valence-electron chi connectivity index (χ1n) is 3.58. The normalized spacial score (nSPS) is 37.4. The van der Waals surface area contributed by atoms with Crippen LogP contribution in [0.2, 0.25) is 0 Å². The highest BCUT2D eigenvalue weighted by Crippen LogP contribution is 2.46. The minimum Gasteiger partial charge on any atom is -0.196 e. The van der Waals surface area contributed by atoms with E-state index in [-0.39, 0.29) is 5.41 Å². The van der Waals surface area contributed by atoms with Crippen LogP contribution in [0.1, 0.15) is 33.1 Å². The van der Waals surface area contributed by atoms with Gasteiger partial charge in [0.15, 0.2) is 0 Å². The fourth-order valence-corrected chi connectivity index (χ4v) is 2.02. The lowest BCUT2D eigenvalue weighted by Crippen LogP contribution is -2.15. The third-order valence-corrected chi connectivity index (χ3v) is 2.56. The number of halogens is 1. The second-order valence-corrected chi connectivity index (χ2v) is 4.64. The minimum atomic E-state index is -0.552. The van der Waals surface area contributed by atoms with E-state index in [9.17, 15) is 0 Å². The molecule has 0 N–H and O–H groups in total. The summed E-state index contributed by atoms with van der Waals surface area (Å²) >= 11 is 5.98. The summed E-state index contributed by atoms with van der Waals surface area (Å²) in [6.07, 6.45) is 2.75. The molecule has 0 radical (unpaired) electrons. The topological polar surface area (TPSA) is 23.8 Å². The number of nitrogens with zero attached hydrogens (tertiary/aromatic N) is 1. The second-order valence-electron chi connectivity index (χ2n) is 3.92. The average Bonchev–Trinajstić information content (AvgIpc) is 2.08. The molecule has 0 spiro atoms. The molecule has 1 atom stereocenters. The lowest BCUT2D eigenvalue weighted by Gasteiger charge is -2.17. The van der Waals surface area contributed by atoms with Gasteiger partial charge in [0.05, 0.1) is 6.07 Å². The molecule has 1 nitrogen and oxygen atoms in total. The van der Waals surface area contributed by atoms with Crippen LogP contribution in [-0.2, 0) is 0 Å². The van der Waals surface area contributed by atoms with Crippen LogP contribution in [0, 0.1) is 16.7 Å². The molecule has 1 unspecified atom stereocenters. The minimum absolute atomic E-state index is 0.275. The standard InChI is InChI=1S/C8H12ClN/c1-7(2)3-4-8(9,5-7)6-10/h3-5H2,1-2H3. The first-order chi connectivity index (χ1) is 4.47. The Morgan fingerprint density at radius 2 is 2.00 bits per heavy atom. The summed E-state index contributed by atoms with van der Waals surface area (Å²) in [6.45, 7) is 4.32. The van der Waals surface area contributed by atoms with Crippen LogP contribution < -0.4 is 0 Å². The van der Waals surface area contributed by atoms with Gasteiger partial charge >= 0.3 is 0 Å². The average molecular weight is 158 g/mol. The van der Waals surface area contributed by atoms with Crippen molar-refractivity contribution in [2.45, 2.75) is 38.0 Å². The van der Waals surface area contributed by atoms with Crippen LogP contribution in [0.5, 0.6) is 0 Å². The molecule has 0 aromatic carbocycles. The lowest BCUT2D eigenvalue weighted by molar-refractivity contribution is 0.377. The van der Waals surface area contributed by atoms with Gasteiger partial charge < -0.3 is 0 Å². The van der Waals surface area contributed by atoms with Gasteiger partial charge in [-0.15, -0.1) is 11.6 Å². The maximum atomic E-state index is 8.68. The van der Waals surface area contributed by atoms with Crippen molar-refractivity contribution in [3.63, 3.8) is 0 Å². The Morgan fingerprint density at radius 1 is 1.40 bits per heavy atom. The number of nitriles is 1. The van der Waals surface area contributed by atoms with E-state index >= 15 is 0 Å². The zero-order valence-corrected chi connectivity index (χ0v) is 7.20. The molecule has 0 aromatic heterocycles. The van der Waals surface area contributed by atoms with Gasteiger partial charge in [-0.1, -0.05) is 13.8 Å². The Hall–Kier alpha value is -0.220. The molecule has 0 saturated heterocycles. The van der Waals surface area contributed by atoms with Crippen molar-refractivity contribution in [3.05, 3.63) is 0 Å². The van der Waals surface area contributed by atoms with Crippen molar-refractivity contribution < 1.29 is 0 Å². The fraction of sp³-hybridized carbons (Fsp3) is 0.875. The van der Waals surface area contributed by atoms with E-state index in [1.54, 1.807) is 0 Å². The van der Waals surface area contributed by atoms with Gasteiger partial charge in [-0.25, -0.2) is 0 Å². The van der Waals surface area contributed by atoms with Gasteiger partial charge in [-0.05, 0) is 24.7 Å². The Balaban J connectivity index is 2.69. The lowest BCUT2D eigenvalue weighted by atomic mass is 9.91. The van der Waals surface area contributed by atoms with Crippen LogP contribution in [0.15, 0.2) is 0 Å². The maximum Gasteiger partial charge on any atom is 0.131 e. The molecule has 0 bridgehead atoms. The first-order valence-corrected chi connectivity index (χ1v) is 3.95. The molecular formula is C8H12ClN. The van der Waals surface area contributed by atoms with Crippen molar-refractivity contribution in [1.29, 1.82) is 5.26 Å². The third-order valence-electron chi connectivity index (χ3n) is 2.16. The van der Waals surface area contributed by atoms with Crippen molar-refractivity contribution in [2.75, 3.05) is 0 Å². The molecule has 2 heteroatoms. The number of hydrogen-bond acceptors (Lipinski definition) is 1. The van der Waals surface area contributed by atoms with E-state index in [4.69, 9.17) is 16.9 Å². The van der Waals surface area contributed by atoms with Crippen molar-refractivity contribution in [2.24, 2.45) is 5.41 Å². The van der Waals surface area contributed by atoms with E-state index in [1.165, 1.54) is 0 Å². The molecule has 10 heavy (non-hydrogen) atoms. The molecule has 1 aliphatic rings. The maximum absolute atomic E-state index is 8.68. The highest BCUT2D eigenvalue weighted by atomic mass is 35.5. The predicted molar refractivity (Wildman–Crippen MR) is 41.8 cm³/mol. The van der Waals surface area contributed by atoms with Gasteiger partial charge in [0.2, 0.25) is 0 Å². The van der Waals surface area contributed by atoms with Crippen molar-refractivity contribution >= 4 is 11.6 Å². The Kier molecular flexibility index (Phi) is 1.68. The Morgan fingerprint density at radius 3 is 2.20 bits per heavy atom. The number of rotatable bonds is 0. The van der Waals surface area contributed by atoms with Gasteiger partial charge in [0.25, 0.3) is 0 Å². The molecule has 0 amide bonds. The van der Waals surface area contributed by atoms with Gasteiger partial charge in [-0.3, -0.25) is 0 Å². The molecule has 1 fully saturated rings. The number of hydrogen-bond donors (Lipinski definition) is 0. The molecule has 56 valence electrons. The summed E-state index contributed by atoms with van der Waals surface area (Å²) < 4.78 is 0. The van der Waals surface area contributed by atoms with Gasteiger partial charge in [-0.2, -0.15) is 5.26 Å². The van der Waals surface area contributed by atoms with E-state index < -0.39 is 4.87 Å². The quantitative estimate of drug-likeness (QED) is 0.496. The zero-order chi connectivity index (χ0) is 7.83. The van der Waals surface area contributed by atoms with Crippen molar-refractivity contribution in [3.8, 4) is 6.07 Å². The highest BCUT2D eigenvalue weighted by Gasteiger charge is 2.41. The SMILES string of the molecule is CC1(C)CCC(Cl)(C#N)C1. The Labute approximate surface area is 67.0 Å². The molecule has 0 aliphatic heterocycles. The van der Waals surface area contributed by atoms with Crippen LogP contribution in [-0.4, -0.2) is 4.87 Å². The zero-order valence-electron chi connectivity index (χ0n) is 6.45. The molecule has 1 saturated carbocycles. The second kappa shape index (κ2) is 2.13. The first kappa shape index (κ1) is 7.88. The smallest absolute Gasteiger partial charge is 0.131 e. The highest BCUT2D eigenvalue weighted by molar-refractivity contribution is 6.26. The molecular weight excluding hydrogens is 146 g/mol. The molecule has 1 aliphatic carbocycles. The van der Waals surface area contributed by atoms with Crippen molar-refractivity contribution in [1.82, 2.24) is 0 Å². The molecule has 0 heterocycles. The van der Waals surface area contributed by atoms with Crippen LogP contribution in [0.4, 0.5) is 0 Å². The monoisotopic (exact) mass is 157 g/mol. The summed E-state index contributed by atoms with van der Waals surface area (Å²) in [4.78, 5) is -0.552. The Bertz CT molecular complexity index is 180. The van der Waals surface area contributed by atoms with E-state index in [0.29, 0.717) is 0 Å². The largest absolute Gasteiger partial charge is 0.196 e. The molecule has 0 aromatic rings. The van der Waals surface area contributed by atoms with E-state index in [1.807, 2.05) is 0 Å². The number of alkyl halides is 1. The summed E-state index contributed by atoms with van der Waals surface area (Å²) in [5.41, 5.74) is 0.275. The van der Waals surface area contributed by atoms with Crippen LogP contribution in [0.25, 0.3) is 0 Å². The summed E-state index contributed by atoms with van der Waals surface area (Å²) in [5, 5.41) is 8.68. The molecule has 1 rings (SSSR count). The third kappa shape index (κ3) is 1.44. The van der Waals surface area contributed by atoms with E-state index in [2.05, 4.69) is 19.9 Å². The van der Waals surface area contributed by atoms with Crippen LogP contribution >= 0.6 is 11.6 Å². The summed E-state index contributed by atoms with van der Waals surface area (Å²) in [5.74, 6) is 0. The van der Waals surface area contributed by atoms with Crippen LogP contribution in [0.3, 0.4) is 0 Å². The summed E-state index contributed by atoms with van der Waals surface area (Å²) in [6, 6.07) is 2.16. The van der Waals surface area contributed by atoms with E-state index in [0.717, 1.165) is 19.3 Å². The van der Waals surface area contributed by atoms with Gasteiger partial charge in [0.1, 0.15) is 4.87 Å². The fourth-order valence-electron chi connectivity index (χ4n) is 1.57. The van der Waals surface area contributed by atoms with Gasteiger partial charge in [0, 0.05) is 0 Å². The predicted octanol–water partition coefficient (Wildman–Crippen LogP) is 2.70.